The van der Waals surface area contributed by atoms with Gasteiger partial charge in [-0.25, -0.2) is 0 Å². The number of aliphatic hydroxyl groups excluding tert-OH is 1. The second kappa shape index (κ2) is 6.72. The van der Waals surface area contributed by atoms with Crippen molar-refractivity contribution in [2.75, 3.05) is 37.5 Å². The molecule has 0 fully saturated rings. The molecule has 1 aliphatic rings. The number of hydrogen-bond acceptors (Lipinski definition) is 4. The normalized spacial score (nSPS) is 16.9. The number of benzene rings is 1. The number of amides is 1. The van der Waals surface area contributed by atoms with Crippen LogP contribution in [0.25, 0.3) is 0 Å². The van der Waals surface area contributed by atoms with Crippen LogP contribution < -0.4 is 15.5 Å². The molecule has 1 atom stereocenters. The van der Waals surface area contributed by atoms with Crippen molar-refractivity contribution < 1.29 is 9.90 Å². The lowest BCUT2D eigenvalue weighted by molar-refractivity contribution is -0.117. The van der Waals surface area contributed by atoms with Crippen LogP contribution >= 0.6 is 0 Å². The molecule has 20 heavy (non-hydrogen) atoms. The minimum atomic E-state index is -0.242. The Bertz CT molecular complexity index is 476. The number of carbonyl (C=O) groups excluding carboxylic acids is 1. The average molecular weight is 277 g/mol. The molecule has 1 aromatic rings. The van der Waals surface area contributed by atoms with Crippen LogP contribution in [0.15, 0.2) is 18.2 Å². The molecule has 0 saturated heterocycles. The van der Waals surface area contributed by atoms with E-state index in [-0.39, 0.29) is 18.6 Å². The highest BCUT2D eigenvalue weighted by Gasteiger charge is 2.29. The summed E-state index contributed by atoms with van der Waals surface area (Å²) in [4.78, 5) is 14.0. The highest BCUT2D eigenvalue weighted by molar-refractivity contribution is 6.03. The number of likely N-dealkylation sites (N-methyl/N-ethyl adjacent to an activating group) is 1. The third kappa shape index (κ3) is 3.11. The Morgan fingerprint density at radius 2 is 2.15 bits per heavy atom. The first kappa shape index (κ1) is 14.8. The lowest BCUT2D eigenvalue weighted by Gasteiger charge is -2.20. The Kier molecular flexibility index (Phi) is 4.98. The van der Waals surface area contributed by atoms with Crippen molar-refractivity contribution in [3.05, 3.63) is 23.8 Å². The number of rotatable bonds is 7. The molecule has 110 valence electrons. The second-order valence-corrected chi connectivity index (χ2v) is 5.19. The van der Waals surface area contributed by atoms with Gasteiger partial charge in [0.25, 0.3) is 0 Å². The monoisotopic (exact) mass is 277 g/mol. The van der Waals surface area contributed by atoms with Gasteiger partial charge in [0.1, 0.15) is 6.04 Å². The fourth-order valence-electron chi connectivity index (χ4n) is 2.54. The number of carbonyl (C=O) groups is 1. The lowest BCUT2D eigenvalue weighted by Crippen LogP contribution is -2.23. The van der Waals surface area contributed by atoms with Crippen molar-refractivity contribution in [2.45, 2.75) is 25.3 Å². The van der Waals surface area contributed by atoms with E-state index in [2.05, 4.69) is 21.6 Å². The standard InChI is InChI=1S/C15H23N3O2/c1-16-14-12-7-6-11(10-13(12)17-15(14)20)18(2)8-4-3-5-9-19/h6-7,10,14,16,19H,3-5,8-9H2,1-2H3,(H,17,20). The molecule has 1 aromatic carbocycles. The van der Waals surface area contributed by atoms with Gasteiger partial charge >= 0.3 is 0 Å². The van der Waals surface area contributed by atoms with Crippen molar-refractivity contribution >= 4 is 17.3 Å². The van der Waals surface area contributed by atoms with Gasteiger partial charge in [0.2, 0.25) is 5.91 Å². The van der Waals surface area contributed by atoms with Crippen molar-refractivity contribution in [3.63, 3.8) is 0 Å². The molecule has 3 N–H and O–H groups in total. The van der Waals surface area contributed by atoms with Gasteiger partial charge in [-0.2, -0.15) is 0 Å². The van der Waals surface area contributed by atoms with Crippen LogP contribution in [-0.2, 0) is 4.79 Å². The number of aliphatic hydroxyl groups is 1. The minimum absolute atomic E-state index is 0.00486. The summed E-state index contributed by atoms with van der Waals surface area (Å²) in [5.74, 6) is 0.00486. The zero-order valence-corrected chi connectivity index (χ0v) is 12.1. The first-order valence-electron chi connectivity index (χ1n) is 7.11. The molecular formula is C15H23N3O2. The Labute approximate surface area is 120 Å². The molecule has 0 aromatic heterocycles. The molecule has 2 rings (SSSR count). The number of unbranched alkanes of at least 4 members (excludes halogenated alkanes) is 2. The quantitative estimate of drug-likeness (QED) is 0.661. The summed E-state index contributed by atoms with van der Waals surface area (Å²) in [6.45, 7) is 1.21. The van der Waals surface area contributed by atoms with Crippen LogP contribution in [0.3, 0.4) is 0 Å². The summed E-state index contributed by atoms with van der Waals surface area (Å²) in [6, 6.07) is 5.84. The number of nitrogens with one attached hydrogen (secondary N) is 2. The van der Waals surface area contributed by atoms with Crippen LogP contribution in [-0.4, -0.2) is 38.3 Å². The molecule has 5 nitrogen and oxygen atoms in total. The van der Waals surface area contributed by atoms with Gasteiger partial charge in [-0.15, -0.1) is 0 Å². The van der Waals surface area contributed by atoms with E-state index in [4.69, 9.17) is 5.11 Å². The molecule has 1 aliphatic heterocycles. The molecule has 1 unspecified atom stereocenters. The summed E-state index contributed by atoms with van der Waals surface area (Å²) in [5, 5.41) is 14.7. The molecule has 0 spiro atoms. The summed E-state index contributed by atoms with van der Waals surface area (Å²) in [5.41, 5.74) is 3.01. The Hall–Kier alpha value is -1.59. The van der Waals surface area contributed by atoms with E-state index >= 15 is 0 Å². The summed E-state index contributed by atoms with van der Waals surface area (Å²) in [7, 11) is 3.84. The van der Waals surface area contributed by atoms with Gasteiger partial charge in [-0.3, -0.25) is 4.79 Å². The fraction of sp³-hybridized carbons (Fsp3) is 0.533. The van der Waals surface area contributed by atoms with E-state index in [1.165, 1.54) is 0 Å². The zero-order valence-electron chi connectivity index (χ0n) is 12.1. The second-order valence-electron chi connectivity index (χ2n) is 5.19. The molecule has 1 amide bonds. The zero-order chi connectivity index (χ0) is 14.5. The van der Waals surface area contributed by atoms with E-state index < -0.39 is 0 Å². The first-order chi connectivity index (χ1) is 9.67. The van der Waals surface area contributed by atoms with E-state index in [1.807, 2.05) is 19.2 Å². The van der Waals surface area contributed by atoms with E-state index in [0.29, 0.717) is 0 Å². The summed E-state index contributed by atoms with van der Waals surface area (Å²) >= 11 is 0. The summed E-state index contributed by atoms with van der Waals surface area (Å²) < 4.78 is 0. The Morgan fingerprint density at radius 3 is 2.85 bits per heavy atom. The molecule has 0 aliphatic carbocycles. The number of anilines is 2. The highest BCUT2D eigenvalue weighted by atomic mass is 16.2. The van der Waals surface area contributed by atoms with E-state index in [9.17, 15) is 4.79 Å². The van der Waals surface area contributed by atoms with Crippen molar-refractivity contribution in [1.82, 2.24) is 5.32 Å². The highest BCUT2D eigenvalue weighted by Crippen LogP contribution is 2.33. The average Bonchev–Trinajstić information content (AvgIpc) is 2.77. The van der Waals surface area contributed by atoms with Gasteiger partial charge in [0, 0.05) is 37.1 Å². The SMILES string of the molecule is CNC1C(=O)Nc2cc(N(C)CCCCCO)ccc21. The predicted octanol–water partition coefficient (Wildman–Crippen LogP) is 1.50. The topological polar surface area (TPSA) is 64.6 Å². The molecule has 5 heteroatoms. The smallest absolute Gasteiger partial charge is 0.246 e. The molecule has 1 heterocycles. The third-order valence-electron chi connectivity index (χ3n) is 3.75. The molecule has 0 bridgehead atoms. The van der Waals surface area contributed by atoms with Gasteiger partial charge < -0.3 is 20.6 Å². The van der Waals surface area contributed by atoms with Gasteiger partial charge in [0.05, 0.1) is 0 Å². The van der Waals surface area contributed by atoms with Crippen LogP contribution in [0, 0.1) is 0 Å². The summed E-state index contributed by atoms with van der Waals surface area (Å²) in [6.07, 6.45) is 2.95. The van der Waals surface area contributed by atoms with Crippen molar-refractivity contribution in [3.8, 4) is 0 Å². The van der Waals surface area contributed by atoms with E-state index in [1.54, 1.807) is 7.05 Å². The van der Waals surface area contributed by atoms with Crippen LogP contribution in [0.1, 0.15) is 30.9 Å². The minimum Gasteiger partial charge on any atom is -0.396 e. The van der Waals surface area contributed by atoms with E-state index in [0.717, 1.165) is 42.7 Å². The van der Waals surface area contributed by atoms with Crippen LogP contribution in [0.4, 0.5) is 11.4 Å². The van der Waals surface area contributed by atoms with Crippen molar-refractivity contribution in [1.29, 1.82) is 0 Å². The van der Waals surface area contributed by atoms with Crippen molar-refractivity contribution in [2.24, 2.45) is 0 Å². The third-order valence-corrected chi connectivity index (χ3v) is 3.75. The largest absolute Gasteiger partial charge is 0.396 e. The predicted molar refractivity (Wildman–Crippen MR) is 81.1 cm³/mol. The number of fused-ring (bicyclic) bond motifs is 1. The maximum Gasteiger partial charge on any atom is 0.246 e. The lowest BCUT2D eigenvalue weighted by atomic mass is 10.1. The maximum atomic E-state index is 11.8. The molecule has 0 saturated carbocycles. The van der Waals surface area contributed by atoms with Crippen LogP contribution in [0.5, 0.6) is 0 Å². The Morgan fingerprint density at radius 1 is 1.35 bits per heavy atom. The van der Waals surface area contributed by atoms with Gasteiger partial charge in [-0.1, -0.05) is 6.07 Å². The molecular weight excluding hydrogens is 254 g/mol. The number of nitrogens with zero attached hydrogens (tertiary/aromatic N) is 1. The number of hydrogen-bond donors (Lipinski definition) is 3. The first-order valence-corrected chi connectivity index (χ1v) is 7.11. The molecule has 0 radical (unpaired) electrons. The fourth-order valence-corrected chi connectivity index (χ4v) is 2.54. The van der Waals surface area contributed by atoms with Gasteiger partial charge in [0.15, 0.2) is 0 Å². The van der Waals surface area contributed by atoms with Gasteiger partial charge in [-0.05, 0) is 38.4 Å². The maximum absolute atomic E-state index is 11.8. The van der Waals surface area contributed by atoms with Crippen LogP contribution in [0.2, 0.25) is 0 Å². The Balaban J connectivity index is 2.01.